The van der Waals surface area contributed by atoms with Gasteiger partial charge in [0.2, 0.25) is 5.91 Å². The summed E-state index contributed by atoms with van der Waals surface area (Å²) in [5, 5.41) is 0. The topological polar surface area (TPSA) is 23.6 Å². The highest BCUT2D eigenvalue weighted by Crippen LogP contribution is 2.07. The van der Waals surface area contributed by atoms with Crippen LogP contribution in [0.5, 0.6) is 0 Å². The van der Waals surface area contributed by atoms with Crippen LogP contribution >= 0.6 is 0 Å². The van der Waals surface area contributed by atoms with E-state index in [2.05, 4.69) is 11.8 Å². The largest absolute Gasteiger partial charge is 0.342 e. The van der Waals surface area contributed by atoms with E-state index in [0.717, 1.165) is 19.6 Å². The van der Waals surface area contributed by atoms with Crippen molar-refractivity contribution in [1.82, 2.24) is 9.80 Å². The number of carbonyl (C=O) groups excluding carboxylic acids is 1. The first-order valence-corrected chi connectivity index (χ1v) is 5.70. The van der Waals surface area contributed by atoms with Crippen LogP contribution in [0.25, 0.3) is 0 Å². The third-order valence-electron chi connectivity index (χ3n) is 2.76. The lowest BCUT2D eigenvalue weighted by atomic mass is 10.3. The molecule has 0 aromatic heterocycles. The summed E-state index contributed by atoms with van der Waals surface area (Å²) in [6.45, 7) is 5.76. The summed E-state index contributed by atoms with van der Waals surface area (Å²) in [4.78, 5) is 15.8. The van der Waals surface area contributed by atoms with Crippen LogP contribution in [0.4, 0.5) is 0 Å². The summed E-state index contributed by atoms with van der Waals surface area (Å²) in [5.74, 6) is 0.307. The van der Waals surface area contributed by atoms with Crippen LogP contribution in [0, 0.1) is 0 Å². The van der Waals surface area contributed by atoms with E-state index in [4.69, 9.17) is 0 Å². The summed E-state index contributed by atoms with van der Waals surface area (Å²) in [6, 6.07) is 0. The smallest absolute Gasteiger partial charge is 0.236 e. The molecule has 1 aliphatic heterocycles. The molecule has 1 aliphatic rings. The highest BCUT2D eigenvalue weighted by Gasteiger charge is 2.18. The Labute approximate surface area is 87.1 Å². The van der Waals surface area contributed by atoms with Gasteiger partial charge in [0.1, 0.15) is 0 Å². The zero-order valence-corrected chi connectivity index (χ0v) is 9.46. The fourth-order valence-electron chi connectivity index (χ4n) is 1.80. The molecule has 1 amide bonds. The molecule has 0 saturated carbocycles. The second-order valence-corrected chi connectivity index (χ2v) is 4.18. The van der Waals surface area contributed by atoms with E-state index in [1.165, 1.54) is 25.7 Å². The van der Waals surface area contributed by atoms with Gasteiger partial charge < -0.3 is 4.90 Å². The van der Waals surface area contributed by atoms with Gasteiger partial charge >= 0.3 is 0 Å². The minimum atomic E-state index is 0.307. The fourth-order valence-corrected chi connectivity index (χ4v) is 1.80. The highest BCUT2D eigenvalue weighted by atomic mass is 16.2. The molecule has 82 valence electrons. The van der Waals surface area contributed by atoms with Crippen molar-refractivity contribution >= 4 is 5.91 Å². The van der Waals surface area contributed by atoms with Crippen molar-refractivity contribution in [3.63, 3.8) is 0 Å². The van der Waals surface area contributed by atoms with E-state index in [0.29, 0.717) is 12.5 Å². The molecule has 1 rings (SSSR count). The number of nitrogens with zero attached hydrogens (tertiary/aromatic N) is 2. The van der Waals surface area contributed by atoms with E-state index in [1.54, 1.807) is 0 Å². The molecule has 3 nitrogen and oxygen atoms in total. The van der Waals surface area contributed by atoms with Crippen molar-refractivity contribution < 1.29 is 4.79 Å². The first-order chi connectivity index (χ1) is 6.74. The first kappa shape index (κ1) is 11.5. The fraction of sp³-hybridized carbons (Fsp3) is 0.909. The second kappa shape index (κ2) is 6.02. The Hall–Kier alpha value is -0.570. The van der Waals surface area contributed by atoms with Gasteiger partial charge in [-0.25, -0.2) is 0 Å². The summed E-state index contributed by atoms with van der Waals surface area (Å²) in [7, 11) is 2.03. The summed E-state index contributed by atoms with van der Waals surface area (Å²) < 4.78 is 0. The number of amides is 1. The Balaban J connectivity index is 2.18. The van der Waals surface area contributed by atoms with Crippen molar-refractivity contribution in [2.75, 3.05) is 33.2 Å². The van der Waals surface area contributed by atoms with Crippen molar-refractivity contribution in [3.05, 3.63) is 0 Å². The van der Waals surface area contributed by atoms with Gasteiger partial charge in [0, 0.05) is 13.1 Å². The lowest BCUT2D eigenvalue weighted by Gasteiger charge is -2.20. The minimum absolute atomic E-state index is 0.307. The van der Waals surface area contributed by atoms with Gasteiger partial charge in [-0.3, -0.25) is 9.69 Å². The van der Waals surface area contributed by atoms with E-state index < -0.39 is 0 Å². The zero-order valence-electron chi connectivity index (χ0n) is 9.46. The maximum absolute atomic E-state index is 11.7. The average Bonchev–Trinajstić information content (AvgIpc) is 2.67. The van der Waals surface area contributed by atoms with Gasteiger partial charge in [-0.2, -0.15) is 0 Å². The molecule has 1 saturated heterocycles. The lowest BCUT2D eigenvalue weighted by molar-refractivity contribution is -0.131. The first-order valence-electron chi connectivity index (χ1n) is 5.70. The Morgan fingerprint density at radius 3 is 2.57 bits per heavy atom. The molecule has 0 unspecified atom stereocenters. The van der Waals surface area contributed by atoms with Gasteiger partial charge in [0.25, 0.3) is 0 Å². The predicted octanol–water partition coefficient (Wildman–Crippen LogP) is 1.34. The predicted molar refractivity (Wildman–Crippen MR) is 58.2 cm³/mol. The molecule has 1 fully saturated rings. The number of carbonyl (C=O) groups is 1. The molecule has 0 spiro atoms. The van der Waals surface area contributed by atoms with Crippen LogP contribution in [0.2, 0.25) is 0 Å². The third kappa shape index (κ3) is 3.66. The third-order valence-corrected chi connectivity index (χ3v) is 2.76. The van der Waals surface area contributed by atoms with Gasteiger partial charge in [0.15, 0.2) is 0 Å². The van der Waals surface area contributed by atoms with Crippen molar-refractivity contribution in [3.8, 4) is 0 Å². The summed E-state index contributed by atoms with van der Waals surface area (Å²) in [6.07, 6.45) is 4.75. The van der Waals surface area contributed by atoms with E-state index >= 15 is 0 Å². The van der Waals surface area contributed by atoms with Crippen LogP contribution in [-0.2, 0) is 4.79 Å². The molecule has 0 atom stereocenters. The van der Waals surface area contributed by atoms with E-state index in [9.17, 15) is 4.79 Å². The highest BCUT2D eigenvalue weighted by molar-refractivity contribution is 5.78. The molecule has 0 aromatic carbocycles. The molecule has 1 heterocycles. The lowest BCUT2D eigenvalue weighted by Crippen LogP contribution is -2.37. The minimum Gasteiger partial charge on any atom is -0.342 e. The van der Waals surface area contributed by atoms with Gasteiger partial charge in [-0.1, -0.05) is 13.3 Å². The van der Waals surface area contributed by atoms with Gasteiger partial charge in [-0.05, 0) is 32.9 Å². The molecule has 3 heteroatoms. The molecule has 0 aromatic rings. The summed E-state index contributed by atoms with van der Waals surface area (Å²) in [5.41, 5.74) is 0. The van der Waals surface area contributed by atoms with Crippen LogP contribution < -0.4 is 0 Å². The Kier molecular flexibility index (Phi) is 4.94. The molecule has 14 heavy (non-hydrogen) atoms. The monoisotopic (exact) mass is 198 g/mol. The molecule has 0 bridgehead atoms. The average molecular weight is 198 g/mol. The van der Waals surface area contributed by atoms with Crippen LogP contribution in [0.1, 0.15) is 32.6 Å². The molecule has 0 aliphatic carbocycles. The number of rotatable bonds is 5. The maximum atomic E-state index is 11.7. The number of unbranched alkanes of at least 4 members (excludes halogenated alkanes) is 1. The number of likely N-dealkylation sites (N-methyl/N-ethyl adjacent to an activating group) is 1. The van der Waals surface area contributed by atoms with Crippen molar-refractivity contribution in [2.24, 2.45) is 0 Å². The Morgan fingerprint density at radius 2 is 2.00 bits per heavy atom. The molecule has 0 N–H and O–H groups in total. The number of hydrogen-bond acceptors (Lipinski definition) is 2. The Morgan fingerprint density at radius 1 is 1.36 bits per heavy atom. The Bertz CT molecular complexity index is 176. The van der Waals surface area contributed by atoms with Crippen molar-refractivity contribution in [2.45, 2.75) is 32.6 Å². The van der Waals surface area contributed by atoms with Crippen LogP contribution in [0.15, 0.2) is 0 Å². The maximum Gasteiger partial charge on any atom is 0.236 e. The summed E-state index contributed by atoms with van der Waals surface area (Å²) >= 11 is 0. The molecule has 0 radical (unpaired) electrons. The second-order valence-electron chi connectivity index (χ2n) is 4.18. The normalized spacial score (nSPS) is 16.6. The standard InChI is InChI=1S/C11H22N2O/c1-3-4-7-12(2)10-11(14)13-8-5-6-9-13/h3-10H2,1-2H3. The van der Waals surface area contributed by atoms with Gasteiger partial charge in [0.05, 0.1) is 6.54 Å². The number of hydrogen-bond donors (Lipinski definition) is 0. The SMILES string of the molecule is CCCCN(C)CC(=O)N1CCCC1. The van der Waals surface area contributed by atoms with Gasteiger partial charge in [-0.15, -0.1) is 0 Å². The van der Waals surface area contributed by atoms with E-state index in [-0.39, 0.29) is 0 Å². The van der Waals surface area contributed by atoms with Crippen molar-refractivity contribution in [1.29, 1.82) is 0 Å². The van der Waals surface area contributed by atoms with E-state index in [1.807, 2.05) is 11.9 Å². The number of likely N-dealkylation sites (tertiary alicyclic amines) is 1. The van der Waals surface area contributed by atoms with Crippen LogP contribution in [-0.4, -0.2) is 48.9 Å². The molecular weight excluding hydrogens is 176 g/mol. The molecular formula is C11H22N2O. The zero-order chi connectivity index (χ0) is 10.4. The van der Waals surface area contributed by atoms with Crippen LogP contribution in [0.3, 0.4) is 0 Å². The quantitative estimate of drug-likeness (QED) is 0.665.